The van der Waals surface area contributed by atoms with Crippen LogP contribution in [-0.4, -0.2) is 19.3 Å². The second-order valence-electron chi connectivity index (χ2n) is 3.95. The van der Waals surface area contributed by atoms with Crippen LogP contribution in [0.25, 0.3) is 0 Å². The van der Waals surface area contributed by atoms with Crippen molar-refractivity contribution in [2.24, 2.45) is 0 Å². The van der Waals surface area contributed by atoms with Crippen LogP contribution in [0.5, 0.6) is 5.75 Å². The Balaban J connectivity index is 2.14. The maximum atomic E-state index is 13.6. The summed E-state index contributed by atoms with van der Waals surface area (Å²) in [6, 6.07) is 2.57. The average Bonchev–Trinajstić information content (AvgIpc) is 2.35. The molecule has 0 aliphatic carbocycles. The smallest absolute Gasteiger partial charge is 0.191 e. The minimum atomic E-state index is -0.647. The number of rotatable bonds is 3. The van der Waals surface area contributed by atoms with Crippen LogP contribution < -0.4 is 4.74 Å². The van der Waals surface area contributed by atoms with E-state index >= 15 is 0 Å². The Kier molecular flexibility index (Phi) is 4.34. The van der Waals surface area contributed by atoms with Gasteiger partial charge in [0.1, 0.15) is 6.10 Å². The fourth-order valence-electron chi connectivity index (χ4n) is 1.76. The molecule has 94 valence electrons. The van der Waals surface area contributed by atoms with E-state index in [1.807, 2.05) is 0 Å². The van der Waals surface area contributed by atoms with E-state index in [0.29, 0.717) is 36.9 Å². The molecule has 0 saturated carbocycles. The zero-order chi connectivity index (χ0) is 12.3. The number of alkyl halides is 1. The largest absolute Gasteiger partial charge is 0.484 e. The lowest BCUT2D eigenvalue weighted by Gasteiger charge is -2.23. The van der Waals surface area contributed by atoms with Crippen molar-refractivity contribution < 1.29 is 18.3 Å². The SMILES string of the molecule is Fc1cc(CBr)cc(F)c1OC1CCOCC1. The van der Waals surface area contributed by atoms with Crippen LogP contribution in [0.1, 0.15) is 18.4 Å². The van der Waals surface area contributed by atoms with Gasteiger partial charge in [-0.3, -0.25) is 0 Å². The summed E-state index contributed by atoms with van der Waals surface area (Å²) >= 11 is 3.16. The Morgan fingerprint density at radius 3 is 2.35 bits per heavy atom. The fraction of sp³-hybridized carbons (Fsp3) is 0.500. The lowest BCUT2D eigenvalue weighted by molar-refractivity contribution is 0.0223. The third kappa shape index (κ3) is 3.16. The predicted molar refractivity (Wildman–Crippen MR) is 63.5 cm³/mol. The number of benzene rings is 1. The molecule has 0 unspecified atom stereocenters. The van der Waals surface area contributed by atoms with Gasteiger partial charge in [0.25, 0.3) is 0 Å². The standard InChI is InChI=1S/C12H13BrF2O2/c13-7-8-5-10(14)12(11(15)6-8)17-9-1-3-16-4-2-9/h5-6,9H,1-4,7H2. The molecule has 1 fully saturated rings. The van der Waals surface area contributed by atoms with E-state index in [2.05, 4.69) is 15.9 Å². The van der Waals surface area contributed by atoms with Gasteiger partial charge in [-0.15, -0.1) is 0 Å². The first-order valence-corrected chi connectivity index (χ1v) is 6.61. The summed E-state index contributed by atoms with van der Waals surface area (Å²) in [6.45, 7) is 1.15. The van der Waals surface area contributed by atoms with Gasteiger partial charge in [0.2, 0.25) is 0 Å². The lowest BCUT2D eigenvalue weighted by Crippen LogP contribution is -2.26. The van der Waals surface area contributed by atoms with E-state index in [-0.39, 0.29) is 11.9 Å². The monoisotopic (exact) mass is 306 g/mol. The van der Waals surface area contributed by atoms with Crippen molar-refractivity contribution >= 4 is 15.9 Å². The molecule has 2 rings (SSSR count). The molecule has 1 saturated heterocycles. The van der Waals surface area contributed by atoms with Crippen molar-refractivity contribution in [3.8, 4) is 5.75 Å². The van der Waals surface area contributed by atoms with Crippen LogP contribution >= 0.6 is 15.9 Å². The summed E-state index contributed by atoms with van der Waals surface area (Å²) in [5, 5.41) is 0.415. The van der Waals surface area contributed by atoms with Crippen LogP contribution in [-0.2, 0) is 10.1 Å². The number of hydrogen-bond donors (Lipinski definition) is 0. The Bertz CT molecular complexity index is 369. The van der Waals surface area contributed by atoms with Crippen molar-refractivity contribution in [3.63, 3.8) is 0 Å². The Morgan fingerprint density at radius 1 is 1.24 bits per heavy atom. The summed E-state index contributed by atoms with van der Waals surface area (Å²) in [7, 11) is 0. The Hall–Kier alpha value is -0.680. The maximum Gasteiger partial charge on any atom is 0.191 e. The lowest BCUT2D eigenvalue weighted by atomic mass is 10.1. The van der Waals surface area contributed by atoms with Gasteiger partial charge in [0.15, 0.2) is 17.4 Å². The number of ether oxygens (including phenoxy) is 2. The molecule has 5 heteroatoms. The molecule has 2 nitrogen and oxygen atoms in total. The summed E-state index contributed by atoms with van der Waals surface area (Å²) in [5.41, 5.74) is 0.555. The third-order valence-electron chi connectivity index (χ3n) is 2.67. The van der Waals surface area contributed by atoms with E-state index in [1.54, 1.807) is 0 Å². The highest BCUT2D eigenvalue weighted by molar-refractivity contribution is 9.08. The molecule has 1 aromatic carbocycles. The molecular formula is C12H13BrF2O2. The Labute approximate surface area is 107 Å². The normalized spacial score (nSPS) is 17.1. The molecular weight excluding hydrogens is 294 g/mol. The summed E-state index contributed by atoms with van der Waals surface area (Å²) in [6.07, 6.45) is 1.17. The summed E-state index contributed by atoms with van der Waals surface area (Å²) in [5.74, 6) is -1.57. The minimum absolute atomic E-state index is 0.164. The van der Waals surface area contributed by atoms with E-state index in [4.69, 9.17) is 9.47 Å². The summed E-state index contributed by atoms with van der Waals surface area (Å²) in [4.78, 5) is 0. The minimum Gasteiger partial charge on any atom is -0.484 e. The van der Waals surface area contributed by atoms with Crippen molar-refractivity contribution in [3.05, 3.63) is 29.3 Å². The van der Waals surface area contributed by atoms with E-state index in [0.717, 1.165) is 0 Å². The molecule has 1 aliphatic rings. The van der Waals surface area contributed by atoms with Crippen molar-refractivity contribution in [2.75, 3.05) is 13.2 Å². The van der Waals surface area contributed by atoms with Crippen molar-refractivity contribution in [1.29, 1.82) is 0 Å². The average molecular weight is 307 g/mol. The molecule has 1 aliphatic heterocycles. The van der Waals surface area contributed by atoms with Gasteiger partial charge >= 0.3 is 0 Å². The topological polar surface area (TPSA) is 18.5 Å². The maximum absolute atomic E-state index is 13.6. The van der Waals surface area contributed by atoms with Gasteiger partial charge in [-0.05, 0) is 17.7 Å². The van der Waals surface area contributed by atoms with Crippen LogP contribution in [0.2, 0.25) is 0 Å². The van der Waals surface area contributed by atoms with Gasteiger partial charge < -0.3 is 9.47 Å². The van der Waals surface area contributed by atoms with Crippen LogP contribution in [0.3, 0.4) is 0 Å². The molecule has 1 aromatic rings. The second kappa shape index (κ2) is 5.78. The first kappa shape index (κ1) is 12.8. The molecule has 17 heavy (non-hydrogen) atoms. The second-order valence-corrected chi connectivity index (χ2v) is 4.51. The van der Waals surface area contributed by atoms with Crippen LogP contribution in [0.15, 0.2) is 12.1 Å². The highest BCUT2D eigenvalue weighted by Gasteiger charge is 2.20. The van der Waals surface area contributed by atoms with Crippen LogP contribution in [0.4, 0.5) is 8.78 Å². The molecule has 0 aromatic heterocycles. The zero-order valence-electron chi connectivity index (χ0n) is 9.22. The van der Waals surface area contributed by atoms with E-state index < -0.39 is 11.6 Å². The van der Waals surface area contributed by atoms with Gasteiger partial charge in [0, 0.05) is 18.2 Å². The highest BCUT2D eigenvalue weighted by Crippen LogP contribution is 2.27. The Morgan fingerprint density at radius 2 is 1.82 bits per heavy atom. The molecule has 0 amide bonds. The highest BCUT2D eigenvalue weighted by atomic mass is 79.9. The fourth-order valence-corrected chi connectivity index (χ4v) is 2.09. The van der Waals surface area contributed by atoms with Crippen LogP contribution in [0, 0.1) is 11.6 Å². The molecule has 0 radical (unpaired) electrons. The number of halogens is 3. The van der Waals surface area contributed by atoms with Crippen molar-refractivity contribution in [1.82, 2.24) is 0 Å². The van der Waals surface area contributed by atoms with Gasteiger partial charge in [-0.2, -0.15) is 0 Å². The van der Waals surface area contributed by atoms with Gasteiger partial charge in [-0.1, -0.05) is 15.9 Å². The van der Waals surface area contributed by atoms with Gasteiger partial charge in [-0.25, -0.2) is 8.78 Å². The molecule has 0 bridgehead atoms. The van der Waals surface area contributed by atoms with Crippen molar-refractivity contribution in [2.45, 2.75) is 24.3 Å². The molecule has 0 spiro atoms. The first-order chi connectivity index (χ1) is 8.20. The number of hydrogen-bond acceptors (Lipinski definition) is 2. The predicted octanol–water partition coefficient (Wildman–Crippen LogP) is 3.42. The van der Waals surface area contributed by atoms with Gasteiger partial charge in [0.05, 0.1) is 13.2 Å². The summed E-state index contributed by atoms with van der Waals surface area (Å²) < 4.78 is 37.8. The molecule has 1 heterocycles. The molecule has 0 atom stereocenters. The van der Waals surface area contributed by atoms with E-state index in [1.165, 1.54) is 12.1 Å². The first-order valence-electron chi connectivity index (χ1n) is 5.49. The molecule has 0 N–H and O–H groups in total. The zero-order valence-corrected chi connectivity index (χ0v) is 10.8. The van der Waals surface area contributed by atoms with E-state index in [9.17, 15) is 8.78 Å². The quantitative estimate of drug-likeness (QED) is 0.797. The third-order valence-corrected chi connectivity index (χ3v) is 3.31.